The van der Waals surface area contributed by atoms with Crippen molar-refractivity contribution in [2.24, 2.45) is 0 Å². The van der Waals surface area contributed by atoms with Crippen LogP contribution < -0.4 is 0 Å². The number of rotatable bonds is 2. The van der Waals surface area contributed by atoms with Gasteiger partial charge in [-0.1, -0.05) is 0 Å². The van der Waals surface area contributed by atoms with E-state index in [1.54, 1.807) is 0 Å². The van der Waals surface area contributed by atoms with E-state index in [9.17, 15) is 0 Å². The SMILES string of the molecule is [CH3][Ge][O][Ge][CH3]. The van der Waals surface area contributed by atoms with E-state index < -0.39 is 0 Å². The summed E-state index contributed by atoms with van der Waals surface area (Å²) < 4.78 is 5.08. The van der Waals surface area contributed by atoms with Crippen LogP contribution in [0.4, 0.5) is 0 Å². The second kappa shape index (κ2) is 5.05. The van der Waals surface area contributed by atoms with Crippen LogP contribution in [-0.2, 0) is 2.79 Å². The van der Waals surface area contributed by atoms with Crippen molar-refractivity contribution in [2.45, 2.75) is 11.5 Å². The first-order chi connectivity index (χ1) is 2.41. The van der Waals surface area contributed by atoms with E-state index in [2.05, 4.69) is 11.5 Å². The molecule has 0 N–H and O–H groups in total. The Bertz CT molecular complexity index is 15.1. The van der Waals surface area contributed by atoms with Crippen molar-refractivity contribution >= 4 is 31.5 Å². The third-order valence-corrected chi connectivity index (χ3v) is 5.51. The summed E-state index contributed by atoms with van der Waals surface area (Å²) in [6, 6.07) is 0. The van der Waals surface area contributed by atoms with Gasteiger partial charge in [-0.3, -0.25) is 0 Å². The summed E-state index contributed by atoms with van der Waals surface area (Å²) >= 11 is 0.125. The molecule has 0 aliphatic heterocycles. The molecule has 0 aromatic heterocycles. The molecular formula is C2H6Ge2O. The van der Waals surface area contributed by atoms with Crippen molar-refractivity contribution in [1.82, 2.24) is 0 Å². The van der Waals surface area contributed by atoms with E-state index in [-0.39, 0.29) is 31.5 Å². The van der Waals surface area contributed by atoms with Gasteiger partial charge < -0.3 is 0 Å². The second-order valence-corrected chi connectivity index (χ2v) is 4.88. The molecule has 0 saturated carbocycles. The molecule has 5 heavy (non-hydrogen) atoms. The Kier molecular flexibility index (Phi) is 6.10. The van der Waals surface area contributed by atoms with Crippen molar-refractivity contribution in [2.75, 3.05) is 0 Å². The maximum absolute atomic E-state index is 5.08. The molecule has 0 aliphatic carbocycles. The average molecular weight is 191 g/mol. The fourth-order valence-electron chi connectivity index (χ4n) is 0.102. The van der Waals surface area contributed by atoms with Crippen LogP contribution in [0.25, 0.3) is 0 Å². The van der Waals surface area contributed by atoms with Gasteiger partial charge >= 0.3 is 45.8 Å². The predicted octanol–water partition coefficient (Wildman–Crippen LogP) is 0.338. The van der Waals surface area contributed by atoms with Gasteiger partial charge in [0.2, 0.25) is 0 Å². The maximum atomic E-state index is 5.08. The minimum absolute atomic E-state index is 0.0625. The molecule has 0 spiro atoms. The fourth-order valence-corrected chi connectivity index (χ4v) is 2.76. The Morgan fingerprint density at radius 3 is 1.60 bits per heavy atom. The van der Waals surface area contributed by atoms with E-state index in [1.165, 1.54) is 0 Å². The van der Waals surface area contributed by atoms with Gasteiger partial charge in [-0.25, -0.2) is 0 Å². The van der Waals surface area contributed by atoms with Gasteiger partial charge in [0.15, 0.2) is 0 Å². The summed E-state index contributed by atoms with van der Waals surface area (Å²) in [5, 5.41) is 0. The summed E-state index contributed by atoms with van der Waals surface area (Å²) in [5.41, 5.74) is 0. The zero-order valence-corrected chi connectivity index (χ0v) is 7.60. The molecule has 0 unspecified atom stereocenters. The predicted molar refractivity (Wildman–Crippen MR) is 24.3 cm³/mol. The molecule has 1 nitrogen and oxygen atoms in total. The first kappa shape index (κ1) is 6.05. The average Bonchev–Trinajstić information content (AvgIpc) is 1.41. The summed E-state index contributed by atoms with van der Waals surface area (Å²) in [7, 11) is 0. The molecular weight excluding hydrogens is 185 g/mol. The van der Waals surface area contributed by atoms with Crippen molar-refractivity contribution in [1.29, 1.82) is 0 Å². The number of hydrogen-bond donors (Lipinski definition) is 0. The van der Waals surface area contributed by atoms with E-state index in [0.717, 1.165) is 0 Å². The molecule has 0 saturated heterocycles. The fraction of sp³-hybridized carbons (Fsp3) is 1.00. The van der Waals surface area contributed by atoms with Crippen molar-refractivity contribution < 1.29 is 2.79 Å². The molecule has 0 aromatic rings. The summed E-state index contributed by atoms with van der Waals surface area (Å²) in [6.45, 7) is 0. The molecule has 28 valence electrons. The second-order valence-electron chi connectivity index (χ2n) is 0.510. The van der Waals surface area contributed by atoms with Gasteiger partial charge in [-0.05, 0) is 0 Å². The van der Waals surface area contributed by atoms with Gasteiger partial charge in [0.25, 0.3) is 0 Å². The molecule has 4 radical (unpaired) electrons. The minimum atomic E-state index is 0.0625. The molecule has 0 heterocycles. The third kappa shape index (κ3) is 5.05. The molecule has 0 fully saturated rings. The van der Waals surface area contributed by atoms with Crippen LogP contribution in [-0.4, -0.2) is 31.5 Å². The molecule has 0 atom stereocenters. The van der Waals surface area contributed by atoms with Crippen LogP contribution in [0.2, 0.25) is 11.5 Å². The first-order valence-corrected chi connectivity index (χ1v) is 7.32. The van der Waals surface area contributed by atoms with Crippen LogP contribution in [0.5, 0.6) is 0 Å². The van der Waals surface area contributed by atoms with E-state index in [4.69, 9.17) is 2.79 Å². The molecule has 0 bridgehead atoms. The standard InChI is InChI=1S/C2H6Ge2O/c1-3-5-4-2/h1-2H3. The van der Waals surface area contributed by atoms with Gasteiger partial charge in [-0.2, -0.15) is 0 Å². The topological polar surface area (TPSA) is 9.23 Å². The summed E-state index contributed by atoms with van der Waals surface area (Å²) in [5.74, 6) is 4.29. The Hall–Kier alpha value is 1.05. The molecule has 0 amide bonds. The van der Waals surface area contributed by atoms with Gasteiger partial charge in [0.05, 0.1) is 0 Å². The normalized spacial score (nSPS) is 8.40. The Morgan fingerprint density at radius 1 is 1.20 bits per heavy atom. The molecule has 0 aromatic carbocycles. The monoisotopic (exact) mass is 194 g/mol. The summed E-state index contributed by atoms with van der Waals surface area (Å²) in [4.78, 5) is 0. The molecule has 0 aliphatic rings. The zero-order valence-electron chi connectivity index (χ0n) is 3.41. The van der Waals surface area contributed by atoms with Crippen molar-refractivity contribution in [3.05, 3.63) is 0 Å². The zero-order chi connectivity index (χ0) is 4.12. The third-order valence-electron chi connectivity index (χ3n) is 0.204. The Balaban J connectivity index is 2.19. The first-order valence-electron chi connectivity index (χ1n) is 1.41. The van der Waals surface area contributed by atoms with Gasteiger partial charge in [0, 0.05) is 0 Å². The molecule has 3 heteroatoms. The quantitative estimate of drug-likeness (QED) is 0.572. The molecule has 0 rings (SSSR count). The van der Waals surface area contributed by atoms with Crippen molar-refractivity contribution in [3.63, 3.8) is 0 Å². The number of hydrogen-bond acceptors (Lipinski definition) is 1. The van der Waals surface area contributed by atoms with E-state index >= 15 is 0 Å². The van der Waals surface area contributed by atoms with Crippen LogP contribution in [0.1, 0.15) is 0 Å². The van der Waals surface area contributed by atoms with Crippen LogP contribution in [0, 0.1) is 0 Å². The van der Waals surface area contributed by atoms with Crippen LogP contribution in [0.3, 0.4) is 0 Å². The van der Waals surface area contributed by atoms with E-state index in [1.807, 2.05) is 0 Å². The van der Waals surface area contributed by atoms with Crippen LogP contribution >= 0.6 is 0 Å². The summed E-state index contributed by atoms with van der Waals surface area (Å²) in [6.07, 6.45) is 0. The Morgan fingerprint density at radius 2 is 1.60 bits per heavy atom. The van der Waals surface area contributed by atoms with Crippen molar-refractivity contribution in [3.8, 4) is 0 Å². The Labute approximate surface area is 46.1 Å². The van der Waals surface area contributed by atoms with E-state index in [0.29, 0.717) is 0 Å². The van der Waals surface area contributed by atoms with Gasteiger partial charge in [0.1, 0.15) is 0 Å². The van der Waals surface area contributed by atoms with Gasteiger partial charge in [-0.15, -0.1) is 0 Å². The van der Waals surface area contributed by atoms with Crippen LogP contribution in [0.15, 0.2) is 0 Å².